The number of hydrogen-bond donors (Lipinski definition) is 0. The third-order valence-corrected chi connectivity index (χ3v) is 4.67. The molecule has 0 spiro atoms. The third kappa shape index (κ3) is 2.00. The highest BCUT2D eigenvalue weighted by Gasteiger charge is 2.38. The Morgan fingerprint density at radius 3 is 2.70 bits per heavy atom. The second-order valence-corrected chi connectivity index (χ2v) is 5.71. The van der Waals surface area contributed by atoms with Crippen molar-refractivity contribution < 1.29 is 14.3 Å². The normalized spacial score (nSPS) is 19.5. The zero-order valence-corrected chi connectivity index (χ0v) is 12.1. The molecule has 20 heavy (non-hydrogen) atoms. The maximum atomic E-state index is 10.8. The lowest BCUT2D eigenvalue weighted by Gasteiger charge is -2.29. The number of fused-ring (bicyclic) bond motifs is 1. The Morgan fingerprint density at radius 2 is 2.00 bits per heavy atom. The third-order valence-electron chi connectivity index (χ3n) is 4.21. The number of carbonyl (C=O) groups excluding carboxylic acids is 1. The number of rotatable bonds is 2. The Kier molecular flexibility index (Phi) is 3.45. The SMILES string of the molecule is Cc1c(C2(N=C=O)CCCC2)cc2c(c1Cl)OCCO2. The number of halogens is 1. The van der Waals surface area contributed by atoms with E-state index >= 15 is 0 Å². The van der Waals surface area contributed by atoms with Crippen LogP contribution in [0.15, 0.2) is 11.1 Å². The Bertz CT molecular complexity index is 587. The van der Waals surface area contributed by atoms with Gasteiger partial charge in [-0.15, -0.1) is 0 Å². The fourth-order valence-electron chi connectivity index (χ4n) is 3.21. The average Bonchev–Trinajstić information content (AvgIpc) is 2.93. The molecular weight excluding hydrogens is 278 g/mol. The lowest BCUT2D eigenvalue weighted by molar-refractivity contribution is 0.171. The minimum absolute atomic E-state index is 0.495. The Hall–Kier alpha value is -1.51. The van der Waals surface area contributed by atoms with Crippen molar-refractivity contribution in [2.45, 2.75) is 38.1 Å². The Balaban J connectivity index is 2.18. The van der Waals surface area contributed by atoms with Gasteiger partial charge < -0.3 is 9.47 Å². The molecule has 3 rings (SSSR count). The van der Waals surface area contributed by atoms with Crippen molar-refractivity contribution in [1.82, 2.24) is 0 Å². The summed E-state index contributed by atoms with van der Waals surface area (Å²) in [7, 11) is 0. The predicted octanol–water partition coefficient (Wildman–Crippen LogP) is 3.52. The first-order valence-corrected chi connectivity index (χ1v) is 7.24. The van der Waals surface area contributed by atoms with Crippen LogP contribution in [-0.2, 0) is 10.3 Å². The lowest BCUT2D eigenvalue weighted by Crippen LogP contribution is -2.23. The van der Waals surface area contributed by atoms with Gasteiger partial charge in [0.15, 0.2) is 11.5 Å². The van der Waals surface area contributed by atoms with Gasteiger partial charge in [-0.1, -0.05) is 24.4 Å². The summed E-state index contributed by atoms with van der Waals surface area (Å²) in [5.41, 5.74) is 1.38. The first-order valence-electron chi connectivity index (χ1n) is 6.86. The van der Waals surface area contributed by atoms with E-state index in [2.05, 4.69) is 4.99 Å². The molecule has 1 aromatic carbocycles. The van der Waals surface area contributed by atoms with E-state index in [1.807, 2.05) is 13.0 Å². The summed E-state index contributed by atoms with van der Waals surface area (Å²) in [4.78, 5) is 15.0. The van der Waals surface area contributed by atoms with E-state index in [-0.39, 0.29) is 0 Å². The number of benzene rings is 1. The summed E-state index contributed by atoms with van der Waals surface area (Å²) in [5.74, 6) is 1.25. The molecule has 1 aliphatic heterocycles. The molecule has 5 heteroatoms. The smallest absolute Gasteiger partial charge is 0.235 e. The van der Waals surface area contributed by atoms with Crippen molar-refractivity contribution in [3.05, 3.63) is 22.2 Å². The topological polar surface area (TPSA) is 47.9 Å². The molecule has 1 aromatic rings. The van der Waals surface area contributed by atoms with Crippen molar-refractivity contribution in [2.75, 3.05) is 13.2 Å². The molecule has 0 aromatic heterocycles. The Labute approximate surface area is 122 Å². The number of hydrogen-bond acceptors (Lipinski definition) is 4. The molecule has 2 aliphatic rings. The zero-order valence-electron chi connectivity index (χ0n) is 11.4. The van der Waals surface area contributed by atoms with Gasteiger partial charge in [0.2, 0.25) is 6.08 Å². The summed E-state index contributed by atoms with van der Waals surface area (Å²) >= 11 is 6.41. The van der Waals surface area contributed by atoms with E-state index < -0.39 is 5.54 Å². The van der Waals surface area contributed by atoms with Crippen LogP contribution in [0.25, 0.3) is 0 Å². The molecule has 1 aliphatic carbocycles. The van der Waals surface area contributed by atoms with E-state index in [9.17, 15) is 4.79 Å². The highest BCUT2D eigenvalue weighted by Crippen LogP contribution is 2.49. The molecule has 0 radical (unpaired) electrons. The van der Waals surface area contributed by atoms with Gasteiger partial charge in [0, 0.05) is 0 Å². The molecule has 0 saturated heterocycles. The van der Waals surface area contributed by atoms with Crippen molar-refractivity contribution in [1.29, 1.82) is 0 Å². The number of ether oxygens (including phenoxy) is 2. The van der Waals surface area contributed by atoms with Gasteiger partial charge in [0.1, 0.15) is 13.2 Å². The summed E-state index contributed by atoms with van der Waals surface area (Å²) in [6, 6.07) is 1.93. The van der Waals surface area contributed by atoms with Gasteiger partial charge in [-0.05, 0) is 37.0 Å². The van der Waals surface area contributed by atoms with Gasteiger partial charge in [-0.25, -0.2) is 4.79 Å². The summed E-state index contributed by atoms with van der Waals surface area (Å²) in [5, 5.41) is 0.560. The fraction of sp³-hybridized carbons (Fsp3) is 0.533. The molecule has 106 valence electrons. The maximum Gasteiger partial charge on any atom is 0.235 e. The number of nitrogens with zero attached hydrogens (tertiary/aromatic N) is 1. The monoisotopic (exact) mass is 293 g/mol. The van der Waals surface area contributed by atoms with E-state index in [4.69, 9.17) is 21.1 Å². The summed E-state index contributed by atoms with van der Waals surface area (Å²) in [6.45, 7) is 2.95. The van der Waals surface area contributed by atoms with Crippen molar-refractivity contribution in [3.8, 4) is 11.5 Å². The van der Waals surface area contributed by atoms with Crippen LogP contribution in [-0.4, -0.2) is 19.3 Å². The highest BCUT2D eigenvalue weighted by atomic mass is 35.5. The summed E-state index contributed by atoms with van der Waals surface area (Å²) < 4.78 is 11.2. The van der Waals surface area contributed by atoms with E-state index in [0.29, 0.717) is 29.7 Å². The minimum Gasteiger partial charge on any atom is -0.486 e. The van der Waals surface area contributed by atoms with Crippen LogP contribution in [0.2, 0.25) is 5.02 Å². The molecule has 4 nitrogen and oxygen atoms in total. The predicted molar refractivity (Wildman–Crippen MR) is 75.4 cm³/mol. The van der Waals surface area contributed by atoms with Gasteiger partial charge in [-0.2, -0.15) is 4.99 Å². The largest absolute Gasteiger partial charge is 0.486 e. The first-order chi connectivity index (χ1) is 9.68. The van der Waals surface area contributed by atoms with Crippen molar-refractivity contribution in [2.24, 2.45) is 4.99 Å². The molecule has 0 amide bonds. The van der Waals surface area contributed by atoms with Crippen molar-refractivity contribution in [3.63, 3.8) is 0 Å². The van der Waals surface area contributed by atoms with Gasteiger partial charge in [-0.3, -0.25) is 0 Å². The average molecular weight is 294 g/mol. The van der Waals surface area contributed by atoms with E-state index in [1.165, 1.54) is 0 Å². The molecule has 1 fully saturated rings. The van der Waals surface area contributed by atoms with Crippen LogP contribution in [0.1, 0.15) is 36.8 Å². The lowest BCUT2D eigenvalue weighted by atomic mass is 9.85. The quantitative estimate of drug-likeness (QED) is 0.619. The van der Waals surface area contributed by atoms with Gasteiger partial charge in [0.25, 0.3) is 0 Å². The number of aliphatic imine (C=N–C) groups is 1. The van der Waals surface area contributed by atoms with E-state index in [1.54, 1.807) is 6.08 Å². The molecular formula is C15H16ClNO3. The van der Waals surface area contributed by atoms with Crippen LogP contribution in [0, 0.1) is 6.92 Å². The van der Waals surface area contributed by atoms with Crippen LogP contribution in [0.4, 0.5) is 0 Å². The summed E-state index contributed by atoms with van der Waals surface area (Å²) in [6.07, 6.45) is 5.53. The molecule has 1 saturated carbocycles. The second kappa shape index (κ2) is 5.12. The molecule has 0 unspecified atom stereocenters. The van der Waals surface area contributed by atoms with E-state index in [0.717, 1.165) is 36.8 Å². The van der Waals surface area contributed by atoms with Crippen molar-refractivity contribution >= 4 is 17.7 Å². The molecule has 0 atom stereocenters. The maximum absolute atomic E-state index is 10.8. The molecule has 0 bridgehead atoms. The van der Waals surface area contributed by atoms with Gasteiger partial charge >= 0.3 is 0 Å². The fourth-order valence-corrected chi connectivity index (χ4v) is 3.46. The molecule has 0 N–H and O–H groups in total. The standard InChI is InChI=1S/C15H16ClNO3/c1-10-11(15(17-9-18)4-2-3-5-15)8-12-14(13(10)16)20-7-6-19-12/h8H,2-7H2,1H3. The van der Waals surface area contributed by atoms with Crippen LogP contribution < -0.4 is 9.47 Å². The second-order valence-electron chi connectivity index (χ2n) is 5.33. The van der Waals surface area contributed by atoms with Crippen LogP contribution in [0.3, 0.4) is 0 Å². The molecule has 1 heterocycles. The van der Waals surface area contributed by atoms with Crippen LogP contribution >= 0.6 is 11.6 Å². The number of isocyanates is 1. The van der Waals surface area contributed by atoms with Gasteiger partial charge in [0.05, 0.1) is 10.6 Å². The highest BCUT2D eigenvalue weighted by molar-refractivity contribution is 6.33. The van der Waals surface area contributed by atoms with Crippen LogP contribution in [0.5, 0.6) is 11.5 Å². The Morgan fingerprint density at radius 1 is 1.30 bits per heavy atom. The zero-order chi connectivity index (χ0) is 14.2. The minimum atomic E-state index is -0.495. The first kappa shape index (κ1) is 13.5.